The van der Waals surface area contributed by atoms with Gasteiger partial charge in [0.2, 0.25) is 10.0 Å². The van der Waals surface area contributed by atoms with Gasteiger partial charge in [-0.15, -0.1) is 0 Å². The third-order valence-electron chi connectivity index (χ3n) is 3.54. The molecule has 7 heteroatoms. The summed E-state index contributed by atoms with van der Waals surface area (Å²) in [7, 11) is -3.87. The third kappa shape index (κ3) is 5.29. The molecule has 0 bridgehead atoms. The van der Waals surface area contributed by atoms with Crippen molar-refractivity contribution in [2.45, 2.75) is 25.3 Å². The van der Waals surface area contributed by atoms with Crippen LogP contribution in [0.3, 0.4) is 0 Å². The highest BCUT2D eigenvalue weighted by Gasteiger charge is 2.27. The molecule has 2 aromatic carbocycles. The van der Waals surface area contributed by atoms with Crippen molar-refractivity contribution in [3.05, 3.63) is 64.7 Å². The molecule has 0 aromatic heterocycles. The molecular weight excluding hydrogens is 362 g/mol. The van der Waals surface area contributed by atoms with E-state index in [9.17, 15) is 13.2 Å². The van der Waals surface area contributed by atoms with E-state index in [1.54, 1.807) is 6.92 Å². The van der Waals surface area contributed by atoms with Gasteiger partial charge >= 0.3 is 5.97 Å². The molecule has 0 saturated carbocycles. The fourth-order valence-corrected chi connectivity index (χ4v) is 3.73. The van der Waals surface area contributed by atoms with Crippen molar-refractivity contribution in [3.8, 4) is 0 Å². The Kier molecular flexibility index (Phi) is 6.58. The maximum absolute atomic E-state index is 12.9. The Morgan fingerprint density at radius 1 is 1.08 bits per heavy atom. The topological polar surface area (TPSA) is 63.7 Å². The maximum atomic E-state index is 12.9. The minimum Gasteiger partial charge on any atom is -0.465 e. The van der Waals surface area contributed by atoms with Crippen molar-refractivity contribution in [1.82, 2.24) is 4.31 Å². The number of hydrogen-bond acceptors (Lipinski definition) is 4. The lowest BCUT2D eigenvalue weighted by molar-refractivity contribution is -0.143. The highest BCUT2D eigenvalue weighted by atomic mass is 35.5. The van der Waals surface area contributed by atoms with E-state index in [4.69, 9.17) is 16.3 Å². The molecule has 5 nitrogen and oxygen atoms in total. The van der Waals surface area contributed by atoms with Gasteiger partial charge in [0.15, 0.2) is 0 Å². The summed E-state index contributed by atoms with van der Waals surface area (Å²) in [5.41, 5.74) is 1.86. The van der Waals surface area contributed by atoms with Crippen LogP contribution in [-0.2, 0) is 26.1 Å². The zero-order chi connectivity index (χ0) is 18.4. The first-order valence-corrected chi connectivity index (χ1v) is 9.61. The minimum atomic E-state index is -3.87. The number of carbonyl (C=O) groups is 1. The van der Waals surface area contributed by atoms with Crippen LogP contribution < -0.4 is 0 Å². The summed E-state index contributed by atoms with van der Waals surface area (Å²) in [5, 5.41) is 0.439. The van der Waals surface area contributed by atoms with Crippen LogP contribution in [-0.4, -0.2) is 31.8 Å². The van der Waals surface area contributed by atoms with Crippen LogP contribution in [0.2, 0.25) is 5.02 Å². The molecule has 0 N–H and O–H groups in total. The quantitative estimate of drug-likeness (QED) is 0.689. The van der Waals surface area contributed by atoms with Crippen LogP contribution in [0.1, 0.15) is 18.1 Å². The fraction of sp³-hybridized carbons (Fsp3) is 0.278. The third-order valence-corrected chi connectivity index (χ3v) is 5.60. The molecular formula is C18H20ClNO4S. The summed E-state index contributed by atoms with van der Waals surface area (Å²) >= 11 is 5.83. The zero-order valence-corrected chi connectivity index (χ0v) is 15.7. The summed E-state index contributed by atoms with van der Waals surface area (Å²) in [6.45, 7) is 3.54. The smallest absolute Gasteiger partial charge is 0.321 e. The van der Waals surface area contributed by atoms with Crippen molar-refractivity contribution >= 4 is 27.6 Å². The first kappa shape index (κ1) is 19.4. The van der Waals surface area contributed by atoms with Crippen molar-refractivity contribution in [1.29, 1.82) is 0 Å². The molecule has 0 amide bonds. The van der Waals surface area contributed by atoms with E-state index in [1.165, 1.54) is 24.3 Å². The lowest BCUT2D eigenvalue weighted by Crippen LogP contribution is -2.36. The van der Waals surface area contributed by atoms with Crippen LogP contribution in [0.25, 0.3) is 0 Å². The van der Waals surface area contributed by atoms with Gasteiger partial charge in [-0.25, -0.2) is 8.42 Å². The molecule has 0 heterocycles. The number of hydrogen-bond donors (Lipinski definition) is 0. The van der Waals surface area contributed by atoms with Crippen molar-refractivity contribution in [2.24, 2.45) is 0 Å². The highest BCUT2D eigenvalue weighted by molar-refractivity contribution is 7.89. The number of nitrogens with zero attached hydrogens (tertiary/aromatic N) is 1. The summed E-state index contributed by atoms with van der Waals surface area (Å²) in [6, 6.07) is 13.3. The van der Waals surface area contributed by atoms with Gasteiger partial charge in [0.05, 0.1) is 11.5 Å². The molecule has 0 fully saturated rings. The number of rotatable bonds is 7. The van der Waals surface area contributed by atoms with Gasteiger partial charge in [0.25, 0.3) is 0 Å². The average molecular weight is 382 g/mol. The number of esters is 1. The SMILES string of the molecule is CCOC(=O)CN(Cc1ccc(C)cc1)S(=O)(=O)c1ccc(Cl)cc1. The van der Waals surface area contributed by atoms with Crippen LogP contribution >= 0.6 is 11.6 Å². The van der Waals surface area contributed by atoms with E-state index in [0.29, 0.717) is 5.02 Å². The summed E-state index contributed by atoms with van der Waals surface area (Å²) in [6.07, 6.45) is 0. The van der Waals surface area contributed by atoms with Crippen LogP contribution in [0.5, 0.6) is 0 Å². The molecule has 0 spiro atoms. The number of aryl methyl sites for hydroxylation is 1. The van der Waals surface area contributed by atoms with Gasteiger partial charge in [-0.2, -0.15) is 4.31 Å². The van der Waals surface area contributed by atoms with E-state index in [2.05, 4.69) is 0 Å². The predicted octanol–water partition coefficient (Wildman–Crippen LogP) is 3.40. The second kappa shape index (κ2) is 8.47. The molecule has 134 valence electrons. The Morgan fingerprint density at radius 2 is 1.68 bits per heavy atom. The van der Waals surface area contributed by atoms with Gasteiger partial charge in [-0.3, -0.25) is 4.79 Å². The van der Waals surface area contributed by atoms with Crippen molar-refractivity contribution in [2.75, 3.05) is 13.2 Å². The molecule has 0 aliphatic heterocycles. The number of sulfonamides is 1. The van der Waals surface area contributed by atoms with Gasteiger partial charge < -0.3 is 4.74 Å². The van der Waals surface area contributed by atoms with Crippen molar-refractivity contribution < 1.29 is 17.9 Å². The van der Waals surface area contributed by atoms with E-state index < -0.39 is 16.0 Å². The van der Waals surface area contributed by atoms with E-state index in [-0.39, 0.29) is 24.6 Å². The van der Waals surface area contributed by atoms with Gasteiger partial charge in [0, 0.05) is 11.6 Å². The fourth-order valence-electron chi connectivity index (χ4n) is 2.23. The number of carbonyl (C=O) groups excluding carboxylic acids is 1. The number of ether oxygens (including phenoxy) is 1. The Labute approximate surface area is 153 Å². The molecule has 2 rings (SSSR count). The van der Waals surface area contributed by atoms with Crippen LogP contribution in [0.15, 0.2) is 53.4 Å². The van der Waals surface area contributed by atoms with Crippen LogP contribution in [0.4, 0.5) is 0 Å². The monoisotopic (exact) mass is 381 g/mol. The molecule has 0 atom stereocenters. The minimum absolute atomic E-state index is 0.0735. The average Bonchev–Trinajstić information content (AvgIpc) is 2.57. The molecule has 25 heavy (non-hydrogen) atoms. The van der Waals surface area contributed by atoms with Crippen molar-refractivity contribution in [3.63, 3.8) is 0 Å². The lowest BCUT2D eigenvalue weighted by Gasteiger charge is -2.21. The Bertz CT molecular complexity index is 817. The highest BCUT2D eigenvalue weighted by Crippen LogP contribution is 2.20. The first-order valence-electron chi connectivity index (χ1n) is 7.80. The maximum Gasteiger partial charge on any atom is 0.321 e. The molecule has 0 saturated heterocycles. The zero-order valence-electron chi connectivity index (χ0n) is 14.1. The van der Waals surface area contributed by atoms with E-state index >= 15 is 0 Å². The Morgan fingerprint density at radius 3 is 2.24 bits per heavy atom. The number of benzene rings is 2. The van der Waals surface area contributed by atoms with E-state index in [0.717, 1.165) is 15.4 Å². The molecule has 2 aromatic rings. The lowest BCUT2D eigenvalue weighted by atomic mass is 10.1. The molecule has 0 radical (unpaired) electrons. The standard InChI is InChI=1S/C18H20ClNO4S/c1-3-24-18(21)13-20(12-15-6-4-14(2)5-7-15)25(22,23)17-10-8-16(19)9-11-17/h4-11H,3,12-13H2,1-2H3. The molecule has 0 aliphatic rings. The molecule has 0 unspecified atom stereocenters. The second-order valence-electron chi connectivity index (χ2n) is 5.52. The predicted molar refractivity (Wildman–Crippen MR) is 96.9 cm³/mol. The second-order valence-corrected chi connectivity index (χ2v) is 7.89. The summed E-state index contributed by atoms with van der Waals surface area (Å²) in [4.78, 5) is 12.0. The number of halogens is 1. The first-order chi connectivity index (χ1) is 11.8. The van der Waals surface area contributed by atoms with E-state index in [1.807, 2.05) is 31.2 Å². The Hall–Kier alpha value is -1.89. The summed E-state index contributed by atoms with van der Waals surface area (Å²) < 4.78 is 31.9. The van der Waals surface area contributed by atoms with Gasteiger partial charge in [-0.1, -0.05) is 41.4 Å². The Balaban J connectivity index is 2.33. The summed E-state index contributed by atoms with van der Waals surface area (Å²) in [5.74, 6) is -0.591. The largest absolute Gasteiger partial charge is 0.465 e. The van der Waals surface area contributed by atoms with Crippen LogP contribution in [0, 0.1) is 6.92 Å². The molecule has 0 aliphatic carbocycles. The normalized spacial score (nSPS) is 11.5. The van der Waals surface area contributed by atoms with Gasteiger partial charge in [-0.05, 0) is 43.7 Å². The van der Waals surface area contributed by atoms with Gasteiger partial charge in [0.1, 0.15) is 6.54 Å².